The van der Waals surface area contributed by atoms with Crippen molar-refractivity contribution in [2.75, 3.05) is 11.9 Å². The Balaban J connectivity index is 2.10. The maximum absolute atomic E-state index is 11.9. The molecular weight excluding hydrogens is 292 g/mol. The number of hydrogen-bond donors (Lipinski definition) is 2. The molecule has 0 radical (unpaired) electrons. The van der Waals surface area contributed by atoms with Crippen LogP contribution in [0, 0.1) is 10.1 Å². The van der Waals surface area contributed by atoms with Crippen molar-refractivity contribution in [1.82, 2.24) is 9.97 Å². The monoisotopic (exact) mass is 304 g/mol. The molecule has 0 bridgehead atoms. The summed E-state index contributed by atoms with van der Waals surface area (Å²) in [5.74, 6) is -1.68. The number of aromatic nitrogens is 2. The van der Waals surface area contributed by atoms with E-state index in [4.69, 9.17) is 4.74 Å². The summed E-state index contributed by atoms with van der Waals surface area (Å²) in [6.07, 6.45) is 1.07. The minimum atomic E-state index is -0.730. The lowest BCUT2D eigenvalue weighted by atomic mass is 10.2. The number of rotatable bonds is 5. The molecule has 0 saturated carbocycles. The van der Waals surface area contributed by atoms with E-state index in [1.807, 2.05) is 0 Å². The summed E-state index contributed by atoms with van der Waals surface area (Å²) < 4.78 is 4.83. The van der Waals surface area contributed by atoms with Crippen molar-refractivity contribution in [3.05, 3.63) is 52.0 Å². The van der Waals surface area contributed by atoms with Crippen molar-refractivity contribution in [3.63, 3.8) is 0 Å². The van der Waals surface area contributed by atoms with Crippen molar-refractivity contribution in [3.8, 4) is 0 Å². The molecule has 0 aliphatic carbocycles. The first-order valence-electron chi connectivity index (χ1n) is 6.29. The maximum Gasteiger partial charge on any atom is 0.353 e. The van der Waals surface area contributed by atoms with Gasteiger partial charge in [0.1, 0.15) is 0 Å². The molecule has 0 aliphatic rings. The van der Waals surface area contributed by atoms with E-state index in [0.717, 1.165) is 6.33 Å². The van der Waals surface area contributed by atoms with Gasteiger partial charge in [-0.25, -0.2) is 14.8 Å². The lowest BCUT2D eigenvalue weighted by Gasteiger charge is -2.05. The zero-order valence-electron chi connectivity index (χ0n) is 11.5. The first kappa shape index (κ1) is 15.2. The highest BCUT2D eigenvalue weighted by Gasteiger charge is 2.22. The van der Waals surface area contributed by atoms with Crippen LogP contribution < -0.4 is 5.32 Å². The summed E-state index contributed by atoms with van der Waals surface area (Å²) in [5.41, 5.74) is 0.389. The number of ether oxygens (including phenoxy) is 1. The van der Waals surface area contributed by atoms with Crippen molar-refractivity contribution in [2.24, 2.45) is 0 Å². The van der Waals surface area contributed by atoms with Crippen LogP contribution in [0.25, 0.3) is 0 Å². The minimum absolute atomic E-state index is 0.264. The van der Waals surface area contributed by atoms with Crippen LogP contribution in [0.15, 0.2) is 30.6 Å². The van der Waals surface area contributed by atoms with Gasteiger partial charge in [0.05, 0.1) is 12.2 Å². The number of aromatic amines is 1. The molecule has 9 nitrogen and oxygen atoms in total. The number of benzene rings is 1. The van der Waals surface area contributed by atoms with E-state index >= 15 is 0 Å². The van der Waals surface area contributed by atoms with E-state index in [0.29, 0.717) is 11.3 Å². The fraction of sp³-hybridized carbons (Fsp3) is 0.154. The summed E-state index contributed by atoms with van der Waals surface area (Å²) in [5, 5.41) is 13.2. The molecule has 2 rings (SSSR count). The normalized spacial score (nSPS) is 10.0. The number of carbonyl (C=O) groups is 2. The van der Waals surface area contributed by atoms with E-state index in [2.05, 4.69) is 15.3 Å². The number of hydrogen-bond acceptors (Lipinski definition) is 6. The number of imidazole rings is 1. The lowest BCUT2D eigenvalue weighted by Crippen LogP contribution is -2.14. The predicted octanol–water partition coefficient (Wildman–Crippen LogP) is 1.75. The summed E-state index contributed by atoms with van der Waals surface area (Å²) in [7, 11) is 0. The van der Waals surface area contributed by atoms with E-state index < -0.39 is 22.6 Å². The summed E-state index contributed by atoms with van der Waals surface area (Å²) in [6, 6.07) is 5.93. The molecule has 1 aromatic carbocycles. The second kappa shape index (κ2) is 6.48. The molecule has 0 atom stereocenters. The van der Waals surface area contributed by atoms with Crippen LogP contribution in [0.5, 0.6) is 0 Å². The summed E-state index contributed by atoms with van der Waals surface area (Å²) in [6.45, 7) is 1.96. The summed E-state index contributed by atoms with van der Waals surface area (Å²) >= 11 is 0. The van der Waals surface area contributed by atoms with E-state index in [9.17, 15) is 19.7 Å². The van der Waals surface area contributed by atoms with Gasteiger partial charge in [0.2, 0.25) is 5.69 Å². The molecule has 1 heterocycles. The van der Waals surface area contributed by atoms with Crippen LogP contribution in [-0.4, -0.2) is 33.4 Å². The lowest BCUT2D eigenvalue weighted by molar-refractivity contribution is -0.389. The van der Waals surface area contributed by atoms with Gasteiger partial charge >= 0.3 is 11.8 Å². The van der Waals surface area contributed by atoms with Gasteiger partial charge in [0, 0.05) is 5.69 Å². The minimum Gasteiger partial charge on any atom is -0.462 e. The van der Waals surface area contributed by atoms with Crippen LogP contribution in [0.2, 0.25) is 0 Å². The number of H-pyrrole nitrogens is 1. The van der Waals surface area contributed by atoms with Crippen LogP contribution in [0.1, 0.15) is 27.8 Å². The van der Waals surface area contributed by atoms with Crippen LogP contribution in [-0.2, 0) is 4.74 Å². The number of nitro groups is 1. The van der Waals surface area contributed by atoms with Crippen LogP contribution in [0.3, 0.4) is 0 Å². The number of nitrogens with zero attached hydrogens (tertiary/aromatic N) is 2. The molecule has 1 amide bonds. The second-order valence-corrected chi connectivity index (χ2v) is 4.11. The Kier molecular flexibility index (Phi) is 4.47. The molecule has 0 saturated heterocycles. The first-order chi connectivity index (χ1) is 10.5. The van der Waals surface area contributed by atoms with Crippen molar-refractivity contribution in [1.29, 1.82) is 0 Å². The summed E-state index contributed by atoms with van der Waals surface area (Å²) in [4.78, 5) is 39.3. The molecule has 22 heavy (non-hydrogen) atoms. The van der Waals surface area contributed by atoms with Gasteiger partial charge in [-0.2, -0.15) is 0 Å². The van der Waals surface area contributed by atoms with E-state index in [-0.39, 0.29) is 12.3 Å². The van der Waals surface area contributed by atoms with Gasteiger partial charge < -0.3 is 20.2 Å². The Labute approximate surface area is 124 Å². The fourth-order valence-electron chi connectivity index (χ4n) is 1.69. The second-order valence-electron chi connectivity index (χ2n) is 4.11. The molecule has 0 unspecified atom stereocenters. The number of nitrogens with one attached hydrogen (secondary N) is 2. The van der Waals surface area contributed by atoms with Crippen LogP contribution in [0.4, 0.5) is 11.5 Å². The van der Waals surface area contributed by atoms with E-state index in [1.165, 1.54) is 24.3 Å². The molecular formula is C13H12N4O5. The molecule has 9 heteroatoms. The van der Waals surface area contributed by atoms with Gasteiger partial charge in [0.25, 0.3) is 5.91 Å². The third-order valence-electron chi connectivity index (χ3n) is 2.67. The van der Waals surface area contributed by atoms with E-state index in [1.54, 1.807) is 6.92 Å². The Morgan fingerprint density at radius 2 is 2.05 bits per heavy atom. The smallest absolute Gasteiger partial charge is 0.353 e. The zero-order chi connectivity index (χ0) is 16.1. The highest BCUT2D eigenvalue weighted by molar-refractivity contribution is 6.05. The van der Waals surface area contributed by atoms with Gasteiger partial charge in [-0.3, -0.25) is 4.79 Å². The Morgan fingerprint density at radius 3 is 2.64 bits per heavy atom. The average Bonchev–Trinajstić information content (AvgIpc) is 2.98. The maximum atomic E-state index is 11.9. The number of anilines is 1. The molecule has 2 N–H and O–H groups in total. The number of carbonyl (C=O) groups excluding carboxylic acids is 2. The standard InChI is InChI=1S/C13H12N4O5/c1-2-22-13(19)8-3-5-9(6-4-8)16-12(18)10-11(17(20)21)15-7-14-10/h3-7H,2H2,1H3,(H,14,15)(H,16,18). The average molecular weight is 304 g/mol. The van der Waals surface area contributed by atoms with Gasteiger partial charge in [-0.05, 0) is 36.1 Å². The SMILES string of the molecule is CCOC(=O)c1ccc(NC(=O)c2nc[nH]c2[N+](=O)[O-])cc1. The molecule has 114 valence electrons. The molecule has 0 aliphatic heterocycles. The third-order valence-corrected chi connectivity index (χ3v) is 2.67. The fourth-order valence-corrected chi connectivity index (χ4v) is 1.69. The van der Waals surface area contributed by atoms with Gasteiger partial charge in [0.15, 0.2) is 6.33 Å². The third kappa shape index (κ3) is 3.26. The van der Waals surface area contributed by atoms with Crippen LogP contribution >= 0.6 is 0 Å². The molecule has 1 aromatic heterocycles. The van der Waals surface area contributed by atoms with Gasteiger partial charge in [-0.15, -0.1) is 0 Å². The largest absolute Gasteiger partial charge is 0.462 e. The zero-order valence-corrected chi connectivity index (χ0v) is 11.5. The Bertz CT molecular complexity index is 707. The molecule has 2 aromatic rings. The molecule has 0 spiro atoms. The number of amides is 1. The quantitative estimate of drug-likeness (QED) is 0.492. The first-order valence-corrected chi connectivity index (χ1v) is 6.29. The topological polar surface area (TPSA) is 127 Å². The number of esters is 1. The predicted molar refractivity (Wildman–Crippen MR) is 75.6 cm³/mol. The Hall–Kier alpha value is -3.23. The van der Waals surface area contributed by atoms with Gasteiger partial charge in [-0.1, -0.05) is 0 Å². The van der Waals surface area contributed by atoms with Crippen molar-refractivity contribution in [2.45, 2.75) is 6.92 Å². The highest BCUT2D eigenvalue weighted by Crippen LogP contribution is 2.16. The molecule has 0 fully saturated rings. The Morgan fingerprint density at radius 1 is 1.36 bits per heavy atom. The van der Waals surface area contributed by atoms with Crippen molar-refractivity contribution < 1.29 is 19.2 Å². The van der Waals surface area contributed by atoms with Crippen molar-refractivity contribution >= 4 is 23.4 Å². The highest BCUT2D eigenvalue weighted by atomic mass is 16.6.